The van der Waals surface area contributed by atoms with E-state index < -0.39 is 10.0 Å². The summed E-state index contributed by atoms with van der Waals surface area (Å²) in [7, 11) is -3.54. The lowest BCUT2D eigenvalue weighted by atomic mass is 10.1. The Labute approximate surface area is 132 Å². The van der Waals surface area contributed by atoms with E-state index in [9.17, 15) is 8.42 Å². The van der Waals surface area contributed by atoms with Gasteiger partial charge >= 0.3 is 0 Å². The van der Waals surface area contributed by atoms with Crippen LogP contribution < -0.4 is 4.72 Å². The average Bonchev–Trinajstić information content (AvgIpc) is 2.96. The van der Waals surface area contributed by atoms with E-state index in [1.807, 2.05) is 26.8 Å². The van der Waals surface area contributed by atoms with Crippen molar-refractivity contribution in [3.8, 4) is 0 Å². The molecule has 0 saturated heterocycles. The minimum atomic E-state index is -3.54. The van der Waals surface area contributed by atoms with Crippen molar-refractivity contribution in [3.63, 3.8) is 0 Å². The molecule has 0 aliphatic carbocycles. The molecular weight excluding hydrogens is 320 g/mol. The van der Waals surface area contributed by atoms with Crippen LogP contribution >= 0.6 is 11.3 Å². The van der Waals surface area contributed by atoms with Gasteiger partial charge in [0.2, 0.25) is 15.0 Å². The van der Waals surface area contributed by atoms with Gasteiger partial charge in [0.15, 0.2) is 0 Å². The number of aromatic nitrogens is 3. The number of hydrogen-bond acceptors (Lipinski definition) is 5. The third kappa shape index (κ3) is 2.90. The van der Waals surface area contributed by atoms with E-state index in [4.69, 9.17) is 0 Å². The van der Waals surface area contributed by atoms with Crippen LogP contribution in [0, 0.1) is 20.8 Å². The zero-order chi connectivity index (χ0) is 15.9. The van der Waals surface area contributed by atoms with Gasteiger partial charge in [0.05, 0.1) is 23.3 Å². The number of sulfonamides is 1. The van der Waals surface area contributed by atoms with Crippen molar-refractivity contribution in [2.45, 2.75) is 32.2 Å². The molecule has 0 saturated carbocycles. The largest absolute Gasteiger partial charge is 0.240 e. The molecule has 0 spiro atoms. The van der Waals surface area contributed by atoms with Gasteiger partial charge in [0, 0.05) is 0 Å². The summed E-state index contributed by atoms with van der Waals surface area (Å²) < 4.78 is 28.9. The van der Waals surface area contributed by atoms with Gasteiger partial charge in [-0.1, -0.05) is 17.4 Å². The van der Waals surface area contributed by atoms with Crippen LogP contribution in [0.2, 0.25) is 0 Å². The van der Waals surface area contributed by atoms with E-state index in [-0.39, 0.29) is 11.4 Å². The molecule has 8 heteroatoms. The molecule has 3 rings (SSSR count). The summed E-state index contributed by atoms with van der Waals surface area (Å²) in [6, 6.07) is 5.10. The second kappa shape index (κ2) is 5.45. The number of imidazole rings is 1. The van der Waals surface area contributed by atoms with Crippen LogP contribution in [-0.2, 0) is 16.6 Å². The SMILES string of the molecule is Cc1nn2cc(CNS(=O)(=O)c3ccc(C)c(C)c3)nc2s1. The highest BCUT2D eigenvalue weighted by Gasteiger charge is 2.15. The Bertz CT molecular complexity index is 910. The second-order valence-electron chi connectivity index (χ2n) is 5.15. The molecule has 0 atom stereocenters. The molecule has 0 amide bonds. The minimum Gasteiger partial charge on any atom is -0.221 e. The highest BCUT2D eigenvalue weighted by atomic mass is 32.2. The number of nitrogens with zero attached hydrogens (tertiary/aromatic N) is 3. The molecule has 0 unspecified atom stereocenters. The van der Waals surface area contributed by atoms with Crippen molar-refractivity contribution in [2.75, 3.05) is 0 Å². The first kappa shape index (κ1) is 15.1. The van der Waals surface area contributed by atoms with Gasteiger partial charge < -0.3 is 0 Å². The smallest absolute Gasteiger partial charge is 0.221 e. The van der Waals surface area contributed by atoms with Crippen molar-refractivity contribution in [2.24, 2.45) is 0 Å². The Morgan fingerprint density at radius 1 is 1.23 bits per heavy atom. The summed E-state index contributed by atoms with van der Waals surface area (Å²) >= 11 is 1.47. The molecule has 2 aromatic heterocycles. The van der Waals surface area contributed by atoms with E-state index in [0.717, 1.165) is 21.1 Å². The number of nitrogens with one attached hydrogen (secondary N) is 1. The summed E-state index contributed by atoms with van der Waals surface area (Å²) in [5, 5.41) is 5.17. The average molecular weight is 336 g/mol. The fourth-order valence-electron chi connectivity index (χ4n) is 2.06. The summed E-state index contributed by atoms with van der Waals surface area (Å²) in [5.41, 5.74) is 2.66. The van der Waals surface area contributed by atoms with Gasteiger partial charge in [0.25, 0.3) is 0 Å². The Morgan fingerprint density at radius 3 is 2.68 bits per heavy atom. The lowest BCUT2D eigenvalue weighted by Gasteiger charge is -2.07. The first-order valence-corrected chi connectivity index (χ1v) is 9.04. The minimum absolute atomic E-state index is 0.143. The molecule has 1 N–H and O–H groups in total. The summed E-state index contributed by atoms with van der Waals surface area (Å²) in [6.07, 6.45) is 1.74. The molecule has 3 aromatic rings. The van der Waals surface area contributed by atoms with Crippen LogP contribution in [0.4, 0.5) is 0 Å². The van der Waals surface area contributed by atoms with Gasteiger partial charge in [-0.2, -0.15) is 5.10 Å². The Hall–Kier alpha value is -1.77. The van der Waals surface area contributed by atoms with Gasteiger partial charge in [-0.3, -0.25) is 0 Å². The Morgan fingerprint density at radius 2 is 2.00 bits per heavy atom. The van der Waals surface area contributed by atoms with Crippen molar-refractivity contribution >= 4 is 26.3 Å². The van der Waals surface area contributed by atoms with E-state index in [2.05, 4.69) is 14.8 Å². The van der Waals surface area contributed by atoms with Crippen molar-refractivity contribution in [3.05, 3.63) is 46.2 Å². The lowest BCUT2D eigenvalue weighted by molar-refractivity contribution is 0.580. The van der Waals surface area contributed by atoms with Crippen LogP contribution in [0.25, 0.3) is 4.96 Å². The molecular formula is C14H16N4O2S2. The maximum atomic E-state index is 12.3. The first-order chi connectivity index (χ1) is 10.3. The number of benzene rings is 1. The van der Waals surface area contributed by atoms with Gasteiger partial charge in [-0.05, 0) is 44.0 Å². The lowest BCUT2D eigenvalue weighted by Crippen LogP contribution is -2.23. The van der Waals surface area contributed by atoms with Gasteiger partial charge in [-0.25, -0.2) is 22.6 Å². The topological polar surface area (TPSA) is 76.4 Å². The number of aryl methyl sites for hydroxylation is 3. The molecule has 6 nitrogen and oxygen atoms in total. The summed E-state index contributed by atoms with van der Waals surface area (Å²) in [6.45, 7) is 5.89. The standard InChI is InChI=1S/C14H16N4O2S2/c1-9-4-5-13(6-10(9)2)22(19,20)15-7-12-8-18-14(16-12)21-11(3)17-18/h4-6,8,15H,7H2,1-3H3. The van der Waals surface area contributed by atoms with Crippen molar-refractivity contribution < 1.29 is 8.42 Å². The van der Waals surface area contributed by atoms with Crippen LogP contribution in [0.3, 0.4) is 0 Å². The highest BCUT2D eigenvalue weighted by molar-refractivity contribution is 7.89. The van der Waals surface area contributed by atoms with E-state index >= 15 is 0 Å². The van der Waals surface area contributed by atoms with Crippen molar-refractivity contribution in [1.29, 1.82) is 0 Å². The maximum absolute atomic E-state index is 12.3. The summed E-state index contributed by atoms with van der Waals surface area (Å²) in [4.78, 5) is 5.38. The Balaban J connectivity index is 1.78. The zero-order valence-corrected chi connectivity index (χ0v) is 14.1. The zero-order valence-electron chi connectivity index (χ0n) is 12.5. The predicted octanol–water partition coefficient (Wildman–Crippen LogP) is 2.19. The van der Waals surface area contributed by atoms with Crippen LogP contribution in [0.1, 0.15) is 21.8 Å². The molecule has 0 bridgehead atoms. The second-order valence-corrected chi connectivity index (χ2v) is 8.08. The van der Waals surface area contributed by atoms with Crippen molar-refractivity contribution in [1.82, 2.24) is 19.3 Å². The third-order valence-corrected chi connectivity index (χ3v) is 5.66. The van der Waals surface area contributed by atoms with Crippen LogP contribution in [0.15, 0.2) is 29.3 Å². The van der Waals surface area contributed by atoms with Crippen LogP contribution in [0.5, 0.6) is 0 Å². The fourth-order valence-corrected chi connectivity index (χ4v) is 3.89. The monoisotopic (exact) mass is 336 g/mol. The molecule has 22 heavy (non-hydrogen) atoms. The van der Waals surface area contributed by atoms with Gasteiger partial charge in [-0.15, -0.1) is 0 Å². The molecule has 0 aliphatic heterocycles. The quantitative estimate of drug-likeness (QED) is 0.792. The predicted molar refractivity (Wildman–Crippen MR) is 85.5 cm³/mol. The van der Waals surface area contributed by atoms with E-state index in [0.29, 0.717) is 5.69 Å². The fraction of sp³-hybridized carbons (Fsp3) is 0.286. The number of fused-ring (bicyclic) bond motifs is 1. The number of rotatable bonds is 4. The molecule has 0 radical (unpaired) electrons. The van der Waals surface area contributed by atoms with Gasteiger partial charge in [0.1, 0.15) is 5.01 Å². The summed E-state index contributed by atoms with van der Waals surface area (Å²) in [5.74, 6) is 0. The molecule has 1 aromatic carbocycles. The molecule has 0 fully saturated rings. The highest BCUT2D eigenvalue weighted by Crippen LogP contribution is 2.16. The first-order valence-electron chi connectivity index (χ1n) is 6.74. The number of hydrogen-bond donors (Lipinski definition) is 1. The van der Waals surface area contributed by atoms with E-state index in [1.54, 1.807) is 22.8 Å². The molecule has 2 heterocycles. The maximum Gasteiger partial charge on any atom is 0.240 e. The third-order valence-electron chi connectivity index (χ3n) is 3.43. The van der Waals surface area contributed by atoms with E-state index in [1.165, 1.54) is 11.3 Å². The molecule has 116 valence electrons. The Kier molecular flexibility index (Phi) is 3.75. The molecule has 0 aliphatic rings. The normalized spacial score (nSPS) is 12.1. The van der Waals surface area contributed by atoms with Crippen LogP contribution in [-0.4, -0.2) is 23.0 Å².